The lowest BCUT2D eigenvalue weighted by atomic mass is 10.1. The third-order valence-corrected chi connectivity index (χ3v) is 7.29. The maximum absolute atomic E-state index is 13.5. The first-order chi connectivity index (χ1) is 16.1. The number of aryl methyl sites for hydroxylation is 1. The number of hydrogen-bond donors (Lipinski definition) is 1. The van der Waals surface area contributed by atoms with Gasteiger partial charge in [-0.3, -0.25) is 19.2 Å². The van der Waals surface area contributed by atoms with Gasteiger partial charge in [0, 0.05) is 43.3 Å². The number of piperidine rings is 1. The Morgan fingerprint density at radius 2 is 1.85 bits per heavy atom. The molecule has 3 rings (SSSR count). The Bertz CT molecular complexity index is 1190. The molecule has 2 aromatic carbocycles. The lowest BCUT2D eigenvalue weighted by Crippen LogP contribution is -2.40. The predicted molar refractivity (Wildman–Crippen MR) is 128 cm³/mol. The highest BCUT2D eigenvalue weighted by molar-refractivity contribution is 7.92. The molecule has 0 aromatic heterocycles. The largest absolute Gasteiger partial charge is 0.497 e. The number of carbonyl (C=O) groups excluding carboxylic acids is 1. The SMILES string of the molecule is COc1ccc(N(CC(=O)NN=C2CCN(C)CC2)S(=O)(=O)c2ccc(C)c([N+](=O)[O-])c2)cc1. The molecule has 1 aliphatic heterocycles. The molecular formula is C22H27N5O6S. The predicted octanol–water partition coefficient (Wildman–Crippen LogP) is 2.30. The van der Waals surface area contributed by atoms with Crippen molar-refractivity contribution in [3.05, 3.63) is 58.1 Å². The van der Waals surface area contributed by atoms with Crippen LogP contribution >= 0.6 is 0 Å². The number of nitrogens with zero attached hydrogens (tertiary/aromatic N) is 4. The molecule has 1 aliphatic rings. The van der Waals surface area contributed by atoms with Crippen LogP contribution < -0.4 is 14.5 Å². The number of nitrogens with one attached hydrogen (secondary N) is 1. The molecule has 12 heteroatoms. The van der Waals surface area contributed by atoms with E-state index in [0.717, 1.165) is 29.2 Å². The number of nitro benzene ring substituents is 1. The van der Waals surface area contributed by atoms with Crippen LogP contribution in [0.5, 0.6) is 5.75 Å². The van der Waals surface area contributed by atoms with Crippen molar-refractivity contribution in [2.45, 2.75) is 24.7 Å². The molecule has 0 atom stereocenters. The Morgan fingerprint density at radius 3 is 2.44 bits per heavy atom. The molecule has 1 saturated heterocycles. The number of likely N-dealkylation sites (tertiary alicyclic amines) is 1. The van der Waals surface area contributed by atoms with Gasteiger partial charge >= 0.3 is 0 Å². The number of sulfonamides is 1. The van der Waals surface area contributed by atoms with E-state index in [4.69, 9.17) is 4.74 Å². The average Bonchev–Trinajstić information content (AvgIpc) is 2.82. The van der Waals surface area contributed by atoms with E-state index in [1.807, 2.05) is 7.05 Å². The van der Waals surface area contributed by atoms with Gasteiger partial charge in [-0.05, 0) is 44.3 Å². The molecule has 182 valence electrons. The summed E-state index contributed by atoms with van der Waals surface area (Å²) in [7, 11) is -0.841. The van der Waals surface area contributed by atoms with Gasteiger partial charge < -0.3 is 9.64 Å². The second kappa shape index (κ2) is 10.6. The molecule has 1 heterocycles. The van der Waals surface area contributed by atoms with Crippen molar-refractivity contribution >= 4 is 33.0 Å². The van der Waals surface area contributed by atoms with Gasteiger partial charge in [-0.2, -0.15) is 5.10 Å². The molecule has 0 bridgehead atoms. The van der Waals surface area contributed by atoms with E-state index in [-0.39, 0.29) is 16.3 Å². The minimum atomic E-state index is -4.32. The van der Waals surface area contributed by atoms with E-state index in [0.29, 0.717) is 24.2 Å². The number of ether oxygens (including phenoxy) is 1. The molecular weight excluding hydrogens is 462 g/mol. The van der Waals surface area contributed by atoms with Crippen LogP contribution in [0.15, 0.2) is 52.5 Å². The Labute approximate surface area is 198 Å². The fourth-order valence-corrected chi connectivity index (χ4v) is 4.87. The first-order valence-corrected chi connectivity index (χ1v) is 12.0. The summed E-state index contributed by atoms with van der Waals surface area (Å²) >= 11 is 0. The van der Waals surface area contributed by atoms with Crippen molar-refractivity contribution in [2.75, 3.05) is 38.1 Å². The van der Waals surface area contributed by atoms with E-state index < -0.39 is 27.4 Å². The number of nitro groups is 1. The Kier molecular flexibility index (Phi) is 7.84. The number of hydrazone groups is 1. The number of anilines is 1. The number of amides is 1. The van der Waals surface area contributed by atoms with Crippen molar-refractivity contribution in [1.82, 2.24) is 10.3 Å². The van der Waals surface area contributed by atoms with Gasteiger partial charge in [0.05, 0.1) is 22.6 Å². The average molecular weight is 490 g/mol. The standard InChI is InChI=1S/C22H27N5O6S/c1-16-4-9-20(14-21(16)27(29)30)34(31,32)26(18-5-7-19(33-3)8-6-18)15-22(28)24-23-17-10-12-25(2)13-11-17/h4-9,14H,10-13,15H2,1-3H3,(H,24,28). The first kappa shape index (κ1) is 25.1. The highest BCUT2D eigenvalue weighted by Crippen LogP contribution is 2.29. The third kappa shape index (κ3) is 5.88. The minimum Gasteiger partial charge on any atom is -0.497 e. The number of rotatable bonds is 8. The van der Waals surface area contributed by atoms with Crippen molar-refractivity contribution in [3.8, 4) is 5.75 Å². The first-order valence-electron chi connectivity index (χ1n) is 10.6. The van der Waals surface area contributed by atoms with E-state index in [2.05, 4.69) is 15.4 Å². The summed E-state index contributed by atoms with van der Waals surface area (Å²) in [6.45, 7) is 2.61. The normalized spacial score (nSPS) is 14.4. The highest BCUT2D eigenvalue weighted by Gasteiger charge is 2.29. The number of hydrogen-bond acceptors (Lipinski definition) is 8. The summed E-state index contributed by atoms with van der Waals surface area (Å²) in [5.74, 6) is -0.127. The third-order valence-electron chi connectivity index (χ3n) is 5.52. The zero-order valence-electron chi connectivity index (χ0n) is 19.2. The smallest absolute Gasteiger partial charge is 0.273 e. The summed E-state index contributed by atoms with van der Waals surface area (Å²) in [5, 5.41) is 15.5. The van der Waals surface area contributed by atoms with Crippen molar-refractivity contribution in [2.24, 2.45) is 5.10 Å². The van der Waals surface area contributed by atoms with E-state index >= 15 is 0 Å². The van der Waals surface area contributed by atoms with Crippen LogP contribution in [0, 0.1) is 17.0 Å². The second-order valence-corrected chi connectivity index (χ2v) is 9.79. The monoisotopic (exact) mass is 489 g/mol. The Balaban J connectivity index is 1.92. The summed E-state index contributed by atoms with van der Waals surface area (Å²) in [5.41, 5.74) is 3.48. The lowest BCUT2D eigenvalue weighted by Gasteiger charge is -2.24. The van der Waals surface area contributed by atoms with Gasteiger partial charge in [-0.25, -0.2) is 13.8 Å². The Hall–Kier alpha value is -3.51. The van der Waals surface area contributed by atoms with Crippen molar-refractivity contribution < 1.29 is 22.9 Å². The number of carbonyl (C=O) groups is 1. The number of benzene rings is 2. The molecule has 0 aliphatic carbocycles. The van der Waals surface area contributed by atoms with Crippen LogP contribution in [-0.2, 0) is 14.8 Å². The summed E-state index contributed by atoms with van der Waals surface area (Å²) in [6.07, 6.45) is 1.43. The van der Waals surface area contributed by atoms with Crippen LogP contribution in [0.4, 0.5) is 11.4 Å². The van der Waals surface area contributed by atoms with Crippen LogP contribution in [0.2, 0.25) is 0 Å². The maximum atomic E-state index is 13.5. The molecule has 1 N–H and O–H groups in total. The highest BCUT2D eigenvalue weighted by atomic mass is 32.2. The summed E-state index contributed by atoms with van der Waals surface area (Å²) < 4.78 is 33.0. The van der Waals surface area contributed by atoms with E-state index in [1.54, 1.807) is 12.1 Å². The van der Waals surface area contributed by atoms with Crippen LogP contribution in [0.3, 0.4) is 0 Å². The van der Waals surface area contributed by atoms with Crippen molar-refractivity contribution in [3.63, 3.8) is 0 Å². The van der Waals surface area contributed by atoms with Crippen molar-refractivity contribution in [1.29, 1.82) is 0 Å². The van der Waals surface area contributed by atoms with Gasteiger partial charge in [0.15, 0.2) is 0 Å². The summed E-state index contributed by atoms with van der Waals surface area (Å²) in [4.78, 5) is 25.3. The fourth-order valence-electron chi connectivity index (χ4n) is 3.43. The van der Waals surface area contributed by atoms with Gasteiger partial charge in [0.25, 0.3) is 21.6 Å². The molecule has 0 radical (unpaired) electrons. The van der Waals surface area contributed by atoms with E-state index in [1.165, 1.54) is 38.3 Å². The topological polar surface area (TPSA) is 134 Å². The fraction of sp³-hybridized carbons (Fsp3) is 0.364. The molecule has 2 aromatic rings. The Morgan fingerprint density at radius 1 is 1.21 bits per heavy atom. The molecule has 1 fully saturated rings. The maximum Gasteiger partial charge on any atom is 0.273 e. The van der Waals surface area contributed by atoms with Gasteiger partial charge in [0.1, 0.15) is 12.3 Å². The van der Waals surface area contributed by atoms with E-state index in [9.17, 15) is 23.3 Å². The van der Waals surface area contributed by atoms with Gasteiger partial charge in [0.2, 0.25) is 0 Å². The molecule has 0 spiro atoms. The molecule has 0 saturated carbocycles. The quantitative estimate of drug-likeness (QED) is 0.444. The molecule has 1 amide bonds. The van der Waals surface area contributed by atoms with Crippen LogP contribution in [-0.4, -0.2) is 63.7 Å². The number of methoxy groups -OCH3 is 1. The molecule has 11 nitrogen and oxygen atoms in total. The molecule has 34 heavy (non-hydrogen) atoms. The zero-order chi connectivity index (χ0) is 24.9. The summed E-state index contributed by atoms with van der Waals surface area (Å²) in [6, 6.07) is 9.76. The van der Waals surface area contributed by atoms with Crippen LogP contribution in [0.1, 0.15) is 18.4 Å². The molecule has 0 unspecified atom stereocenters. The van der Waals surface area contributed by atoms with Gasteiger partial charge in [-0.15, -0.1) is 0 Å². The lowest BCUT2D eigenvalue weighted by molar-refractivity contribution is -0.385. The second-order valence-electron chi connectivity index (χ2n) is 7.93. The minimum absolute atomic E-state index is 0.200. The van der Waals surface area contributed by atoms with Crippen LogP contribution in [0.25, 0.3) is 0 Å². The van der Waals surface area contributed by atoms with Gasteiger partial charge in [-0.1, -0.05) is 6.07 Å². The zero-order valence-corrected chi connectivity index (χ0v) is 20.0.